The predicted molar refractivity (Wildman–Crippen MR) is 105 cm³/mol. The van der Waals surface area contributed by atoms with Gasteiger partial charge in [0.1, 0.15) is 10.6 Å². The number of hydrogen-bond donors (Lipinski definition) is 1. The maximum absolute atomic E-state index is 12.4. The number of thiophene rings is 1. The minimum absolute atomic E-state index is 0.0604. The molecule has 0 aliphatic rings. The Hall–Kier alpha value is -3.46. The maximum atomic E-state index is 12.4. The highest BCUT2D eigenvalue weighted by Gasteiger charge is 2.22. The standard InChI is InChI=1S/C19H16N2O6S/c1-11(18(22)20-14-5-3-4-6-15(14)26-2)27-19(23)17-10-12-9-13(21(24)25)7-8-16(12)28-17/h3-11H,1-2H3,(H,20,22)/t11-/m0/s1. The normalized spacial score (nSPS) is 11.6. The molecule has 1 heterocycles. The van der Waals surface area contributed by atoms with Gasteiger partial charge in [-0.1, -0.05) is 12.1 Å². The molecule has 0 fully saturated rings. The van der Waals surface area contributed by atoms with Crippen molar-refractivity contribution >= 4 is 44.7 Å². The van der Waals surface area contributed by atoms with Gasteiger partial charge >= 0.3 is 5.97 Å². The lowest BCUT2D eigenvalue weighted by Crippen LogP contribution is -2.29. The number of methoxy groups -OCH3 is 1. The minimum Gasteiger partial charge on any atom is -0.495 e. The third-order valence-electron chi connectivity index (χ3n) is 3.93. The van der Waals surface area contributed by atoms with Crippen LogP contribution in [0.4, 0.5) is 11.4 Å². The predicted octanol–water partition coefficient (Wildman–Crippen LogP) is 4.00. The molecular weight excluding hydrogens is 384 g/mol. The van der Waals surface area contributed by atoms with Crippen LogP contribution in [0.15, 0.2) is 48.5 Å². The van der Waals surface area contributed by atoms with Crippen LogP contribution in [0, 0.1) is 10.1 Å². The van der Waals surface area contributed by atoms with Crippen molar-refractivity contribution in [1.29, 1.82) is 0 Å². The molecule has 8 nitrogen and oxygen atoms in total. The fourth-order valence-corrected chi connectivity index (χ4v) is 3.43. The van der Waals surface area contributed by atoms with Crippen molar-refractivity contribution in [3.63, 3.8) is 0 Å². The third-order valence-corrected chi connectivity index (χ3v) is 5.03. The van der Waals surface area contributed by atoms with Crippen LogP contribution in [0.25, 0.3) is 10.1 Å². The number of carbonyl (C=O) groups is 2. The van der Waals surface area contributed by atoms with Crippen LogP contribution in [-0.2, 0) is 9.53 Å². The molecular formula is C19H16N2O6S. The molecule has 0 aliphatic carbocycles. The Bertz CT molecular complexity index is 1060. The van der Waals surface area contributed by atoms with Gasteiger partial charge in [-0.3, -0.25) is 14.9 Å². The van der Waals surface area contributed by atoms with E-state index in [0.29, 0.717) is 21.5 Å². The van der Waals surface area contributed by atoms with Gasteiger partial charge in [-0.05, 0) is 31.2 Å². The quantitative estimate of drug-likeness (QED) is 0.381. The summed E-state index contributed by atoms with van der Waals surface area (Å²) >= 11 is 1.14. The number of rotatable bonds is 6. The summed E-state index contributed by atoms with van der Waals surface area (Å²) in [5, 5.41) is 14.1. The van der Waals surface area contributed by atoms with Crippen molar-refractivity contribution in [2.45, 2.75) is 13.0 Å². The Balaban J connectivity index is 1.70. The average Bonchev–Trinajstić information content (AvgIpc) is 3.11. The summed E-state index contributed by atoms with van der Waals surface area (Å²) < 4.78 is 11.1. The van der Waals surface area contributed by atoms with Crippen molar-refractivity contribution in [2.24, 2.45) is 0 Å². The van der Waals surface area contributed by atoms with E-state index in [2.05, 4.69) is 5.32 Å². The van der Waals surface area contributed by atoms with E-state index in [9.17, 15) is 19.7 Å². The Kier molecular flexibility index (Phi) is 5.55. The van der Waals surface area contributed by atoms with E-state index in [1.54, 1.807) is 30.3 Å². The SMILES string of the molecule is COc1ccccc1NC(=O)[C@H](C)OC(=O)c1cc2cc([N+](=O)[O-])ccc2s1. The number of nitro groups is 1. The van der Waals surface area contributed by atoms with Gasteiger partial charge in [0.05, 0.1) is 17.7 Å². The van der Waals surface area contributed by atoms with Gasteiger partial charge in [0.25, 0.3) is 11.6 Å². The minimum atomic E-state index is -1.04. The molecule has 1 amide bonds. The molecule has 1 N–H and O–H groups in total. The molecule has 9 heteroatoms. The van der Waals surface area contributed by atoms with E-state index in [-0.39, 0.29) is 10.6 Å². The number of non-ortho nitro benzene ring substituents is 1. The van der Waals surface area contributed by atoms with Gasteiger partial charge in [-0.2, -0.15) is 0 Å². The van der Waals surface area contributed by atoms with Gasteiger partial charge in [0, 0.05) is 22.2 Å². The first-order valence-electron chi connectivity index (χ1n) is 8.22. The number of benzene rings is 2. The third kappa shape index (κ3) is 4.09. The molecule has 3 aromatic rings. The first-order chi connectivity index (χ1) is 13.4. The van der Waals surface area contributed by atoms with E-state index in [4.69, 9.17) is 9.47 Å². The van der Waals surface area contributed by atoms with E-state index in [1.165, 1.54) is 32.2 Å². The van der Waals surface area contributed by atoms with Crippen LogP contribution in [-0.4, -0.2) is 30.0 Å². The second-order valence-corrected chi connectivity index (χ2v) is 6.91. The molecule has 28 heavy (non-hydrogen) atoms. The zero-order valence-electron chi connectivity index (χ0n) is 15.0. The number of nitro benzene ring substituents is 1. The second kappa shape index (κ2) is 8.05. The average molecular weight is 400 g/mol. The molecule has 2 aromatic carbocycles. The van der Waals surface area contributed by atoms with E-state index in [1.807, 2.05) is 0 Å². The smallest absolute Gasteiger partial charge is 0.349 e. The molecule has 0 saturated carbocycles. The van der Waals surface area contributed by atoms with Crippen molar-refractivity contribution in [3.05, 3.63) is 63.5 Å². The number of esters is 1. The highest BCUT2D eigenvalue weighted by atomic mass is 32.1. The van der Waals surface area contributed by atoms with Gasteiger partial charge < -0.3 is 14.8 Å². The van der Waals surface area contributed by atoms with Crippen molar-refractivity contribution in [3.8, 4) is 5.75 Å². The lowest BCUT2D eigenvalue weighted by molar-refractivity contribution is -0.384. The van der Waals surface area contributed by atoms with Gasteiger partial charge in [-0.15, -0.1) is 11.3 Å². The number of fused-ring (bicyclic) bond motifs is 1. The first-order valence-corrected chi connectivity index (χ1v) is 9.03. The number of para-hydroxylation sites is 2. The molecule has 0 aliphatic heterocycles. The lowest BCUT2D eigenvalue weighted by Gasteiger charge is -2.14. The Morgan fingerprint density at radius 3 is 2.64 bits per heavy atom. The van der Waals surface area contributed by atoms with E-state index < -0.39 is 22.9 Å². The lowest BCUT2D eigenvalue weighted by atomic mass is 10.2. The largest absolute Gasteiger partial charge is 0.495 e. The molecule has 144 valence electrons. The Morgan fingerprint density at radius 1 is 1.18 bits per heavy atom. The molecule has 0 radical (unpaired) electrons. The van der Waals surface area contributed by atoms with Crippen LogP contribution < -0.4 is 10.1 Å². The topological polar surface area (TPSA) is 108 Å². The summed E-state index contributed by atoms with van der Waals surface area (Å²) in [5.41, 5.74) is 0.404. The van der Waals surface area contributed by atoms with Crippen molar-refractivity contribution < 1.29 is 24.0 Å². The molecule has 0 spiro atoms. The molecule has 0 bridgehead atoms. The van der Waals surface area contributed by atoms with Crippen molar-refractivity contribution in [1.82, 2.24) is 0 Å². The summed E-state index contributed by atoms with van der Waals surface area (Å²) in [6.45, 7) is 1.46. The molecule has 1 atom stereocenters. The fraction of sp³-hybridized carbons (Fsp3) is 0.158. The molecule has 0 saturated heterocycles. The number of anilines is 1. The van der Waals surface area contributed by atoms with Crippen LogP contribution in [0.2, 0.25) is 0 Å². The van der Waals surface area contributed by atoms with Gasteiger partial charge in [0.15, 0.2) is 6.10 Å². The summed E-state index contributed by atoms with van der Waals surface area (Å²) in [4.78, 5) is 35.3. The fourth-order valence-electron chi connectivity index (χ4n) is 2.50. The number of amides is 1. The summed E-state index contributed by atoms with van der Waals surface area (Å²) in [6, 6.07) is 12.7. The second-order valence-electron chi connectivity index (χ2n) is 5.83. The molecule has 1 aromatic heterocycles. The zero-order valence-corrected chi connectivity index (χ0v) is 15.8. The van der Waals surface area contributed by atoms with Crippen LogP contribution in [0.5, 0.6) is 5.75 Å². The Morgan fingerprint density at radius 2 is 1.93 bits per heavy atom. The highest BCUT2D eigenvalue weighted by molar-refractivity contribution is 7.20. The summed E-state index contributed by atoms with van der Waals surface area (Å²) in [7, 11) is 1.49. The van der Waals surface area contributed by atoms with E-state index in [0.717, 1.165) is 11.3 Å². The Labute approximate surface area is 163 Å². The number of hydrogen-bond acceptors (Lipinski definition) is 7. The number of nitrogens with one attached hydrogen (secondary N) is 1. The maximum Gasteiger partial charge on any atom is 0.349 e. The highest BCUT2D eigenvalue weighted by Crippen LogP contribution is 2.29. The number of ether oxygens (including phenoxy) is 2. The zero-order chi connectivity index (χ0) is 20.3. The van der Waals surface area contributed by atoms with Gasteiger partial charge in [-0.25, -0.2) is 4.79 Å². The molecule has 3 rings (SSSR count). The summed E-state index contributed by atoms with van der Waals surface area (Å²) in [6.07, 6.45) is -1.04. The monoisotopic (exact) mass is 400 g/mol. The summed E-state index contributed by atoms with van der Waals surface area (Å²) in [5.74, 6) is -0.693. The van der Waals surface area contributed by atoms with Crippen LogP contribution >= 0.6 is 11.3 Å². The van der Waals surface area contributed by atoms with Crippen LogP contribution in [0.3, 0.4) is 0 Å². The van der Waals surface area contributed by atoms with E-state index >= 15 is 0 Å². The van der Waals surface area contributed by atoms with Crippen LogP contribution in [0.1, 0.15) is 16.6 Å². The number of carbonyl (C=O) groups excluding carboxylic acids is 2. The molecule has 0 unspecified atom stereocenters. The first kappa shape index (κ1) is 19.3. The van der Waals surface area contributed by atoms with Gasteiger partial charge in [0.2, 0.25) is 0 Å². The van der Waals surface area contributed by atoms with Crippen molar-refractivity contribution in [2.75, 3.05) is 12.4 Å². The number of nitrogens with zero attached hydrogens (tertiary/aromatic N) is 1.